The minimum Gasteiger partial charge on any atom is -0.391 e. The molecule has 0 aromatic heterocycles. The summed E-state index contributed by atoms with van der Waals surface area (Å²) >= 11 is 0. The van der Waals surface area contributed by atoms with Gasteiger partial charge in [0.05, 0.1) is 6.10 Å². The fourth-order valence-corrected chi connectivity index (χ4v) is 2.33. The molecule has 3 nitrogen and oxygen atoms in total. The lowest BCUT2D eigenvalue weighted by Crippen LogP contribution is -2.47. The van der Waals surface area contributed by atoms with Crippen molar-refractivity contribution < 1.29 is 9.90 Å². The SMILES string of the molecule is CC1CCN(C(=O)C(C)C2CC2)CC1O. The number of likely N-dealkylation sites (tertiary alicyclic amines) is 1. The molecular weight excluding hydrogens is 190 g/mol. The van der Waals surface area contributed by atoms with Crippen LogP contribution in [-0.2, 0) is 4.79 Å². The van der Waals surface area contributed by atoms with Gasteiger partial charge in [0.1, 0.15) is 0 Å². The van der Waals surface area contributed by atoms with Crippen LogP contribution in [0.4, 0.5) is 0 Å². The second-order valence-electron chi connectivity index (χ2n) is 5.24. The van der Waals surface area contributed by atoms with E-state index < -0.39 is 0 Å². The monoisotopic (exact) mass is 211 g/mol. The van der Waals surface area contributed by atoms with Crippen molar-refractivity contribution in [1.82, 2.24) is 4.90 Å². The number of hydrogen-bond acceptors (Lipinski definition) is 2. The quantitative estimate of drug-likeness (QED) is 0.747. The van der Waals surface area contributed by atoms with Crippen LogP contribution in [0.3, 0.4) is 0 Å². The topological polar surface area (TPSA) is 40.5 Å². The Bertz CT molecular complexity index is 250. The summed E-state index contributed by atoms with van der Waals surface area (Å²) in [7, 11) is 0. The fraction of sp³-hybridized carbons (Fsp3) is 0.917. The first-order valence-electron chi connectivity index (χ1n) is 6.06. The Kier molecular flexibility index (Phi) is 3.01. The number of carbonyl (C=O) groups is 1. The van der Waals surface area contributed by atoms with Crippen LogP contribution < -0.4 is 0 Å². The number of piperidine rings is 1. The third kappa shape index (κ3) is 2.33. The molecule has 1 aliphatic heterocycles. The molecule has 0 radical (unpaired) electrons. The molecule has 0 spiro atoms. The van der Waals surface area contributed by atoms with Gasteiger partial charge >= 0.3 is 0 Å². The lowest BCUT2D eigenvalue weighted by molar-refractivity contribution is -0.139. The van der Waals surface area contributed by atoms with Gasteiger partial charge in [-0.15, -0.1) is 0 Å². The summed E-state index contributed by atoms with van der Waals surface area (Å²) < 4.78 is 0. The average Bonchev–Trinajstić information content (AvgIpc) is 3.03. The summed E-state index contributed by atoms with van der Waals surface area (Å²) in [5.41, 5.74) is 0. The fourth-order valence-electron chi connectivity index (χ4n) is 2.33. The number of rotatable bonds is 2. The number of aliphatic hydroxyl groups excluding tert-OH is 1. The van der Waals surface area contributed by atoms with E-state index in [9.17, 15) is 9.90 Å². The van der Waals surface area contributed by atoms with E-state index in [0.717, 1.165) is 13.0 Å². The molecule has 1 saturated heterocycles. The van der Waals surface area contributed by atoms with Gasteiger partial charge in [0.2, 0.25) is 5.91 Å². The van der Waals surface area contributed by atoms with Gasteiger partial charge in [-0.2, -0.15) is 0 Å². The molecule has 1 aliphatic carbocycles. The van der Waals surface area contributed by atoms with Crippen LogP contribution in [0, 0.1) is 17.8 Å². The van der Waals surface area contributed by atoms with Gasteiger partial charge in [0.25, 0.3) is 0 Å². The zero-order valence-electron chi connectivity index (χ0n) is 9.65. The molecule has 2 aliphatic rings. The second-order valence-corrected chi connectivity index (χ2v) is 5.24. The molecule has 0 aromatic rings. The van der Waals surface area contributed by atoms with Gasteiger partial charge in [0.15, 0.2) is 0 Å². The normalized spacial score (nSPS) is 33.9. The van der Waals surface area contributed by atoms with Crippen molar-refractivity contribution in [2.24, 2.45) is 17.8 Å². The molecule has 2 rings (SSSR count). The Balaban J connectivity index is 1.90. The number of nitrogens with zero attached hydrogens (tertiary/aromatic N) is 1. The Morgan fingerprint density at radius 2 is 2.07 bits per heavy atom. The molecule has 0 aromatic carbocycles. The minimum absolute atomic E-state index is 0.172. The first-order valence-corrected chi connectivity index (χ1v) is 6.06. The largest absolute Gasteiger partial charge is 0.391 e. The summed E-state index contributed by atoms with van der Waals surface area (Å²) in [6, 6.07) is 0. The van der Waals surface area contributed by atoms with Crippen LogP contribution in [0.2, 0.25) is 0 Å². The highest BCUT2D eigenvalue weighted by molar-refractivity contribution is 5.79. The maximum atomic E-state index is 12.0. The van der Waals surface area contributed by atoms with Crippen molar-refractivity contribution in [2.45, 2.75) is 39.2 Å². The Labute approximate surface area is 91.5 Å². The van der Waals surface area contributed by atoms with Crippen LogP contribution in [-0.4, -0.2) is 35.1 Å². The van der Waals surface area contributed by atoms with E-state index in [2.05, 4.69) is 6.92 Å². The van der Waals surface area contributed by atoms with Crippen LogP contribution in [0.15, 0.2) is 0 Å². The first kappa shape index (κ1) is 10.9. The van der Waals surface area contributed by atoms with E-state index in [-0.39, 0.29) is 17.9 Å². The number of aliphatic hydroxyl groups is 1. The molecular formula is C12H21NO2. The summed E-state index contributed by atoms with van der Waals surface area (Å²) in [6.07, 6.45) is 3.03. The van der Waals surface area contributed by atoms with E-state index in [1.165, 1.54) is 12.8 Å². The van der Waals surface area contributed by atoms with Crippen molar-refractivity contribution in [1.29, 1.82) is 0 Å². The third-order valence-corrected chi connectivity index (χ3v) is 3.95. The molecule has 3 heteroatoms. The third-order valence-electron chi connectivity index (χ3n) is 3.95. The van der Waals surface area contributed by atoms with Crippen LogP contribution in [0.25, 0.3) is 0 Å². The van der Waals surface area contributed by atoms with Gasteiger partial charge in [-0.3, -0.25) is 4.79 Å². The summed E-state index contributed by atoms with van der Waals surface area (Å²) in [5.74, 6) is 1.38. The molecule has 0 bridgehead atoms. The summed E-state index contributed by atoms with van der Waals surface area (Å²) in [4.78, 5) is 13.9. The lowest BCUT2D eigenvalue weighted by Gasteiger charge is -2.35. The smallest absolute Gasteiger partial charge is 0.225 e. The molecule has 1 amide bonds. The predicted octanol–water partition coefficient (Wildman–Crippen LogP) is 1.26. The van der Waals surface area contributed by atoms with Crippen LogP contribution in [0.1, 0.15) is 33.1 Å². The van der Waals surface area contributed by atoms with E-state index in [1.807, 2.05) is 11.8 Å². The van der Waals surface area contributed by atoms with Gasteiger partial charge in [-0.1, -0.05) is 13.8 Å². The molecule has 2 fully saturated rings. The number of amides is 1. The van der Waals surface area contributed by atoms with Gasteiger partial charge in [0, 0.05) is 19.0 Å². The van der Waals surface area contributed by atoms with Crippen molar-refractivity contribution in [2.75, 3.05) is 13.1 Å². The van der Waals surface area contributed by atoms with Crippen molar-refractivity contribution in [3.05, 3.63) is 0 Å². The van der Waals surface area contributed by atoms with E-state index in [1.54, 1.807) is 0 Å². The standard InChI is InChI=1S/C12H21NO2/c1-8-5-6-13(7-11(8)14)12(15)9(2)10-3-4-10/h8-11,14H,3-7H2,1-2H3. The van der Waals surface area contributed by atoms with Crippen LogP contribution >= 0.6 is 0 Å². The number of hydrogen-bond donors (Lipinski definition) is 1. The highest BCUT2D eigenvalue weighted by Crippen LogP contribution is 2.37. The van der Waals surface area contributed by atoms with Crippen molar-refractivity contribution in [3.8, 4) is 0 Å². The molecule has 3 atom stereocenters. The van der Waals surface area contributed by atoms with E-state index in [4.69, 9.17) is 0 Å². The maximum absolute atomic E-state index is 12.0. The number of carbonyl (C=O) groups excluding carboxylic acids is 1. The van der Waals surface area contributed by atoms with Crippen LogP contribution in [0.5, 0.6) is 0 Å². The van der Waals surface area contributed by atoms with Gasteiger partial charge < -0.3 is 10.0 Å². The first-order chi connectivity index (χ1) is 7.09. The van der Waals surface area contributed by atoms with Crippen molar-refractivity contribution in [3.63, 3.8) is 0 Å². The molecule has 1 N–H and O–H groups in total. The van der Waals surface area contributed by atoms with E-state index in [0.29, 0.717) is 18.4 Å². The molecule has 3 unspecified atom stereocenters. The maximum Gasteiger partial charge on any atom is 0.225 e. The predicted molar refractivity (Wildman–Crippen MR) is 58.3 cm³/mol. The molecule has 1 heterocycles. The van der Waals surface area contributed by atoms with E-state index >= 15 is 0 Å². The summed E-state index contributed by atoms with van der Waals surface area (Å²) in [6.45, 7) is 5.45. The Morgan fingerprint density at radius 3 is 2.60 bits per heavy atom. The molecule has 86 valence electrons. The zero-order chi connectivity index (χ0) is 11.0. The number of β-amino-alcohol motifs (C(OH)–C–C–N with tert-alkyl or cyclic N) is 1. The second kappa shape index (κ2) is 4.12. The Hall–Kier alpha value is -0.570. The highest BCUT2D eigenvalue weighted by atomic mass is 16.3. The van der Waals surface area contributed by atoms with Gasteiger partial charge in [-0.05, 0) is 31.1 Å². The minimum atomic E-state index is -0.325. The lowest BCUT2D eigenvalue weighted by atomic mass is 9.94. The average molecular weight is 211 g/mol. The highest BCUT2D eigenvalue weighted by Gasteiger charge is 2.36. The Morgan fingerprint density at radius 1 is 1.40 bits per heavy atom. The summed E-state index contributed by atoms with van der Waals surface area (Å²) in [5, 5.41) is 9.74. The molecule has 15 heavy (non-hydrogen) atoms. The van der Waals surface area contributed by atoms with Crippen molar-refractivity contribution >= 4 is 5.91 Å². The van der Waals surface area contributed by atoms with Gasteiger partial charge in [-0.25, -0.2) is 0 Å². The molecule has 1 saturated carbocycles. The zero-order valence-corrected chi connectivity index (χ0v) is 9.65.